The number of ether oxygens (including phenoxy) is 1. The van der Waals surface area contributed by atoms with Gasteiger partial charge in [0.15, 0.2) is 0 Å². The Bertz CT molecular complexity index is 1460. The summed E-state index contributed by atoms with van der Waals surface area (Å²) in [7, 11) is 1.76. The maximum atomic E-state index is 12.7. The minimum atomic E-state index is -4.57. The van der Waals surface area contributed by atoms with Gasteiger partial charge in [-0.25, -0.2) is 19.7 Å². The molecule has 3 heterocycles. The molecule has 202 valence electrons. The Kier molecular flexibility index (Phi) is 8.25. The lowest BCUT2D eigenvalue weighted by Gasteiger charge is -2.14. The Balaban J connectivity index is 1.61. The number of nitrogens with zero attached hydrogens (tertiary/aromatic N) is 3. The standard InChI is InChI=1S/C27H25F3N6O3/c1-16-3-4-19(34-26(38)35-20-5-6-23(33-15-20)27(28,29)30)14-21(16)18-11-22(36-25(13-18)39-10-9-37)17-7-8-32-24(12-17)31-2/h3-8,11-15,37H,9-10H2,1-2H3,(H,31,32)(H2,34,35,38). The van der Waals surface area contributed by atoms with E-state index in [-0.39, 0.29) is 18.9 Å². The lowest BCUT2D eigenvalue weighted by atomic mass is 9.98. The van der Waals surface area contributed by atoms with Crippen LogP contribution in [0.5, 0.6) is 5.88 Å². The van der Waals surface area contributed by atoms with Crippen molar-refractivity contribution < 1.29 is 27.8 Å². The van der Waals surface area contributed by atoms with E-state index in [1.165, 1.54) is 0 Å². The highest BCUT2D eigenvalue weighted by Gasteiger charge is 2.32. The monoisotopic (exact) mass is 538 g/mol. The molecule has 12 heteroatoms. The van der Waals surface area contributed by atoms with Crippen LogP contribution in [0.4, 0.5) is 35.2 Å². The first-order valence-corrected chi connectivity index (χ1v) is 11.8. The zero-order valence-electron chi connectivity index (χ0n) is 21.0. The molecule has 9 nitrogen and oxygen atoms in total. The van der Waals surface area contributed by atoms with Crippen molar-refractivity contribution in [3.63, 3.8) is 0 Å². The number of hydrogen-bond acceptors (Lipinski definition) is 7. The lowest BCUT2D eigenvalue weighted by molar-refractivity contribution is -0.141. The van der Waals surface area contributed by atoms with Gasteiger partial charge in [0.05, 0.1) is 24.2 Å². The number of urea groups is 1. The Morgan fingerprint density at radius 2 is 1.74 bits per heavy atom. The number of pyridine rings is 3. The Morgan fingerprint density at radius 3 is 2.44 bits per heavy atom. The second-order valence-corrected chi connectivity index (χ2v) is 8.37. The molecule has 0 bridgehead atoms. The van der Waals surface area contributed by atoms with E-state index >= 15 is 0 Å². The van der Waals surface area contributed by atoms with Crippen molar-refractivity contribution in [2.45, 2.75) is 13.1 Å². The summed E-state index contributed by atoms with van der Waals surface area (Å²) in [5.41, 5.74) is 3.36. The number of aromatic nitrogens is 3. The largest absolute Gasteiger partial charge is 0.475 e. The van der Waals surface area contributed by atoms with Gasteiger partial charge >= 0.3 is 12.2 Å². The van der Waals surface area contributed by atoms with E-state index < -0.39 is 17.9 Å². The molecular weight excluding hydrogens is 513 g/mol. The summed E-state index contributed by atoms with van der Waals surface area (Å²) in [6.45, 7) is 1.79. The van der Waals surface area contributed by atoms with Gasteiger partial charge < -0.3 is 25.8 Å². The molecule has 0 aliphatic rings. The smallest absolute Gasteiger partial charge is 0.433 e. The highest BCUT2D eigenvalue weighted by atomic mass is 19.4. The molecule has 4 aromatic rings. The number of rotatable bonds is 8. The van der Waals surface area contributed by atoms with Crippen LogP contribution in [0.1, 0.15) is 11.3 Å². The topological polar surface area (TPSA) is 121 Å². The van der Waals surface area contributed by atoms with Crippen molar-refractivity contribution >= 4 is 23.2 Å². The number of nitrogens with one attached hydrogen (secondary N) is 3. The number of carbonyl (C=O) groups is 1. The quantitative estimate of drug-likeness (QED) is 0.231. The number of halogens is 3. The first-order valence-electron chi connectivity index (χ1n) is 11.8. The van der Waals surface area contributed by atoms with Crippen molar-refractivity contribution in [1.29, 1.82) is 0 Å². The predicted octanol–water partition coefficient (Wildman–Crippen LogP) is 5.59. The second-order valence-electron chi connectivity index (χ2n) is 8.37. The van der Waals surface area contributed by atoms with Gasteiger partial charge in [-0.15, -0.1) is 0 Å². The molecule has 3 aromatic heterocycles. The fourth-order valence-corrected chi connectivity index (χ4v) is 3.70. The third-order valence-electron chi connectivity index (χ3n) is 5.57. The van der Waals surface area contributed by atoms with Crippen LogP contribution in [0, 0.1) is 6.92 Å². The number of amides is 2. The molecule has 0 unspecified atom stereocenters. The van der Waals surface area contributed by atoms with Crippen LogP contribution in [-0.2, 0) is 6.18 Å². The molecule has 4 rings (SSSR count). The predicted molar refractivity (Wildman–Crippen MR) is 142 cm³/mol. The first-order chi connectivity index (χ1) is 18.7. The van der Waals surface area contributed by atoms with Gasteiger partial charge in [-0.2, -0.15) is 13.2 Å². The van der Waals surface area contributed by atoms with Gasteiger partial charge in [-0.3, -0.25) is 0 Å². The van der Waals surface area contributed by atoms with Gasteiger partial charge in [-0.1, -0.05) is 6.07 Å². The summed E-state index contributed by atoms with van der Waals surface area (Å²) >= 11 is 0. The summed E-state index contributed by atoms with van der Waals surface area (Å²) in [6.07, 6.45) is -1.97. The van der Waals surface area contributed by atoms with Crippen LogP contribution < -0.4 is 20.7 Å². The number of carbonyl (C=O) groups excluding carboxylic acids is 1. The molecule has 0 saturated carbocycles. The Hall–Kier alpha value is -4.71. The van der Waals surface area contributed by atoms with Crippen molar-refractivity contribution in [3.05, 3.63) is 78.2 Å². The molecule has 0 aliphatic carbocycles. The number of alkyl halides is 3. The number of benzene rings is 1. The minimum absolute atomic E-state index is 0.0631. The maximum Gasteiger partial charge on any atom is 0.433 e. The molecule has 1 aromatic carbocycles. The summed E-state index contributed by atoms with van der Waals surface area (Å²) in [5.74, 6) is 0.971. The second kappa shape index (κ2) is 11.8. The van der Waals surface area contributed by atoms with Gasteiger partial charge in [0.25, 0.3) is 0 Å². The molecule has 0 fully saturated rings. The highest BCUT2D eigenvalue weighted by molar-refractivity contribution is 6.00. The van der Waals surface area contributed by atoms with E-state index in [9.17, 15) is 23.1 Å². The van der Waals surface area contributed by atoms with Crippen LogP contribution >= 0.6 is 0 Å². The third kappa shape index (κ3) is 6.99. The summed E-state index contributed by atoms with van der Waals surface area (Å²) < 4.78 is 43.8. The van der Waals surface area contributed by atoms with E-state index in [0.717, 1.165) is 40.6 Å². The van der Waals surface area contributed by atoms with Gasteiger partial charge in [-0.05, 0) is 66.1 Å². The van der Waals surface area contributed by atoms with Gasteiger partial charge in [0, 0.05) is 30.6 Å². The average Bonchev–Trinajstić information content (AvgIpc) is 2.92. The fourth-order valence-electron chi connectivity index (χ4n) is 3.70. The lowest BCUT2D eigenvalue weighted by Crippen LogP contribution is -2.20. The molecule has 0 atom stereocenters. The minimum Gasteiger partial charge on any atom is -0.475 e. The molecule has 0 saturated heterocycles. The number of anilines is 3. The van der Waals surface area contributed by atoms with Crippen LogP contribution in [0.3, 0.4) is 0 Å². The van der Waals surface area contributed by atoms with E-state index in [2.05, 4.69) is 30.9 Å². The number of hydrogen-bond donors (Lipinski definition) is 4. The highest BCUT2D eigenvalue weighted by Crippen LogP contribution is 2.33. The first kappa shape index (κ1) is 27.3. The molecule has 39 heavy (non-hydrogen) atoms. The third-order valence-corrected chi connectivity index (χ3v) is 5.57. The maximum absolute atomic E-state index is 12.7. The van der Waals surface area contributed by atoms with Gasteiger partial charge in [0.2, 0.25) is 5.88 Å². The number of aliphatic hydroxyl groups is 1. The Labute approximate surface area is 222 Å². The average molecular weight is 539 g/mol. The molecule has 4 N–H and O–H groups in total. The van der Waals surface area contributed by atoms with Gasteiger partial charge in [0.1, 0.15) is 18.1 Å². The summed E-state index contributed by atoms with van der Waals surface area (Å²) in [4.78, 5) is 24.7. The van der Waals surface area contributed by atoms with Crippen LogP contribution in [0.2, 0.25) is 0 Å². The fraction of sp³-hybridized carbons (Fsp3) is 0.185. The van der Waals surface area contributed by atoms with Crippen molar-refractivity contribution in [2.24, 2.45) is 0 Å². The van der Waals surface area contributed by atoms with Crippen LogP contribution in [-0.4, -0.2) is 46.4 Å². The molecule has 0 radical (unpaired) electrons. The van der Waals surface area contributed by atoms with E-state index in [1.54, 1.807) is 31.4 Å². The summed E-state index contributed by atoms with van der Waals surface area (Å²) in [6, 6.07) is 13.8. The molecule has 2 amide bonds. The summed E-state index contributed by atoms with van der Waals surface area (Å²) in [5, 5.41) is 17.4. The van der Waals surface area contributed by atoms with E-state index in [1.807, 2.05) is 31.2 Å². The van der Waals surface area contributed by atoms with Crippen molar-refractivity contribution in [2.75, 3.05) is 36.2 Å². The van der Waals surface area contributed by atoms with E-state index in [0.29, 0.717) is 23.1 Å². The molecular formula is C27H25F3N6O3. The SMILES string of the molecule is CNc1cc(-c2cc(-c3cc(NC(=O)Nc4ccc(C(F)(F)F)nc4)ccc3C)cc(OCCO)n2)ccn1. The van der Waals surface area contributed by atoms with Crippen molar-refractivity contribution in [3.8, 4) is 28.3 Å². The van der Waals surface area contributed by atoms with E-state index in [4.69, 9.17) is 4.74 Å². The van der Waals surface area contributed by atoms with Crippen LogP contribution in [0.15, 0.2) is 67.0 Å². The number of aryl methyl sites for hydroxylation is 1. The van der Waals surface area contributed by atoms with Crippen molar-refractivity contribution in [1.82, 2.24) is 15.0 Å². The number of aliphatic hydroxyl groups excluding tert-OH is 1. The zero-order chi connectivity index (χ0) is 28.0. The Morgan fingerprint density at radius 1 is 0.974 bits per heavy atom. The van der Waals surface area contributed by atoms with Crippen LogP contribution in [0.25, 0.3) is 22.4 Å². The zero-order valence-corrected chi connectivity index (χ0v) is 21.0. The molecule has 0 spiro atoms. The molecule has 0 aliphatic heterocycles. The normalized spacial score (nSPS) is 11.1.